The molecule has 21 heavy (non-hydrogen) atoms. The molecule has 0 radical (unpaired) electrons. The minimum absolute atomic E-state index is 0.183. The first-order valence-electron chi connectivity index (χ1n) is 7.45. The van der Waals surface area contributed by atoms with Gasteiger partial charge < -0.3 is 9.84 Å². The van der Waals surface area contributed by atoms with Crippen LogP contribution in [0.15, 0.2) is 54.6 Å². The van der Waals surface area contributed by atoms with Gasteiger partial charge in [0.25, 0.3) is 0 Å². The normalized spacial score (nSPS) is 16.8. The molecule has 0 saturated carbocycles. The van der Waals surface area contributed by atoms with Gasteiger partial charge in [0, 0.05) is 31.1 Å². The lowest BCUT2D eigenvalue weighted by atomic mass is 10.0. The fourth-order valence-corrected chi connectivity index (χ4v) is 2.91. The number of rotatable bonds is 6. The zero-order chi connectivity index (χ0) is 14.5. The lowest BCUT2D eigenvalue weighted by Gasteiger charge is -2.24. The average molecular weight is 283 g/mol. The third-order valence-corrected chi connectivity index (χ3v) is 3.94. The fourth-order valence-electron chi connectivity index (χ4n) is 2.91. The van der Waals surface area contributed by atoms with Gasteiger partial charge in [-0.15, -0.1) is 0 Å². The number of fused-ring (bicyclic) bond motifs is 1. The topological polar surface area (TPSA) is 32.7 Å². The highest BCUT2D eigenvalue weighted by atomic mass is 16.5. The van der Waals surface area contributed by atoms with Gasteiger partial charge in [0.2, 0.25) is 0 Å². The van der Waals surface area contributed by atoms with Gasteiger partial charge in [-0.2, -0.15) is 0 Å². The fraction of sp³-hybridized carbons (Fsp3) is 0.333. The van der Waals surface area contributed by atoms with Crippen molar-refractivity contribution in [2.45, 2.75) is 12.5 Å². The summed E-state index contributed by atoms with van der Waals surface area (Å²) < 4.78 is 5.75. The molecule has 0 spiro atoms. The summed E-state index contributed by atoms with van der Waals surface area (Å²) in [5, 5.41) is 9.31. The van der Waals surface area contributed by atoms with Crippen LogP contribution in [0.25, 0.3) is 0 Å². The van der Waals surface area contributed by atoms with Crippen molar-refractivity contribution in [3.63, 3.8) is 0 Å². The van der Waals surface area contributed by atoms with Crippen LogP contribution in [0, 0.1) is 0 Å². The molecule has 0 fully saturated rings. The summed E-state index contributed by atoms with van der Waals surface area (Å²) in [6, 6.07) is 18.6. The van der Waals surface area contributed by atoms with E-state index < -0.39 is 0 Å². The smallest absolute Gasteiger partial charge is 0.122 e. The lowest BCUT2D eigenvalue weighted by Crippen LogP contribution is -2.31. The van der Waals surface area contributed by atoms with Gasteiger partial charge in [-0.1, -0.05) is 48.5 Å². The Kier molecular flexibility index (Phi) is 4.53. The summed E-state index contributed by atoms with van der Waals surface area (Å²) in [5.41, 5.74) is 2.56. The number of benzene rings is 2. The van der Waals surface area contributed by atoms with Gasteiger partial charge >= 0.3 is 0 Å². The molecule has 1 aliphatic rings. The highest BCUT2D eigenvalue weighted by molar-refractivity contribution is 5.39. The van der Waals surface area contributed by atoms with E-state index in [1.54, 1.807) is 0 Å². The van der Waals surface area contributed by atoms with Crippen LogP contribution in [0.1, 0.15) is 17.0 Å². The largest absolute Gasteiger partial charge is 0.493 e. The summed E-state index contributed by atoms with van der Waals surface area (Å²) >= 11 is 0. The number of ether oxygens (including phenoxy) is 1. The Labute approximate surface area is 125 Å². The van der Waals surface area contributed by atoms with Gasteiger partial charge in [-0.3, -0.25) is 4.90 Å². The summed E-state index contributed by atoms with van der Waals surface area (Å²) in [4.78, 5) is 2.30. The monoisotopic (exact) mass is 283 g/mol. The Morgan fingerprint density at radius 1 is 1.05 bits per heavy atom. The number of aliphatic hydroxyl groups is 1. The Morgan fingerprint density at radius 2 is 1.81 bits per heavy atom. The molecule has 1 heterocycles. The number of hydrogen-bond donors (Lipinski definition) is 1. The molecule has 0 amide bonds. The van der Waals surface area contributed by atoms with Crippen LogP contribution in [0.5, 0.6) is 5.75 Å². The van der Waals surface area contributed by atoms with Crippen LogP contribution in [0.2, 0.25) is 0 Å². The number of aliphatic hydroxyl groups excluding tert-OH is 1. The van der Waals surface area contributed by atoms with Gasteiger partial charge in [0.15, 0.2) is 0 Å². The highest BCUT2D eigenvalue weighted by Gasteiger charge is 2.25. The van der Waals surface area contributed by atoms with Crippen molar-refractivity contribution < 1.29 is 9.84 Å². The van der Waals surface area contributed by atoms with Crippen LogP contribution >= 0.6 is 0 Å². The van der Waals surface area contributed by atoms with Crippen molar-refractivity contribution in [1.82, 2.24) is 4.90 Å². The van der Waals surface area contributed by atoms with E-state index in [4.69, 9.17) is 4.74 Å². The number of hydrogen-bond acceptors (Lipinski definition) is 3. The SMILES string of the molecule is OCCN(Cc1ccccc1)CC1COc2ccccc21. The maximum atomic E-state index is 9.31. The van der Waals surface area contributed by atoms with E-state index in [2.05, 4.69) is 41.3 Å². The first kappa shape index (κ1) is 14.1. The van der Waals surface area contributed by atoms with Crippen molar-refractivity contribution in [3.8, 4) is 5.75 Å². The van der Waals surface area contributed by atoms with Crippen LogP contribution in [0.3, 0.4) is 0 Å². The van der Waals surface area contributed by atoms with Crippen molar-refractivity contribution in [2.24, 2.45) is 0 Å². The van der Waals surface area contributed by atoms with E-state index in [1.807, 2.05) is 18.2 Å². The van der Waals surface area contributed by atoms with E-state index in [9.17, 15) is 5.11 Å². The van der Waals surface area contributed by atoms with E-state index in [1.165, 1.54) is 11.1 Å². The summed E-state index contributed by atoms with van der Waals surface area (Å²) in [6.45, 7) is 3.37. The van der Waals surface area contributed by atoms with Crippen molar-refractivity contribution in [2.75, 3.05) is 26.3 Å². The van der Waals surface area contributed by atoms with Gasteiger partial charge in [-0.05, 0) is 11.6 Å². The molecule has 1 atom stereocenters. The maximum Gasteiger partial charge on any atom is 0.122 e. The van der Waals surface area contributed by atoms with Gasteiger partial charge in [0.05, 0.1) is 13.2 Å². The van der Waals surface area contributed by atoms with Crippen LogP contribution in [-0.4, -0.2) is 36.3 Å². The molecule has 0 aliphatic carbocycles. The molecule has 3 rings (SSSR count). The molecule has 1 aliphatic heterocycles. The van der Waals surface area contributed by atoms with Crippen molar-refractivity contribution >= 4 is 0 Å². The second-order valence-electron chi connectivity index (χ2n) is 5.49. The van der Waals surface area contributed by atoms with Gasteiger partial charge in [-0.25, -0.2) is 0 Å². The molecule has 2 aromatic carbocycles. The minimum Gasteiger partial charge on any atom is -0.493 e. The molecule has 3 heteroatoms. The van der Waals surface area contributed by atoms with E-state index in [0.29, 0.717) is 12.5 Å². The minimum atomic E-state index is 0.183. The highest BCUT2D eigenvalue weighted by Crippen LogP contribution is 2.34. The van der Waals surface area contributed by atoms with Crippen molar-refractivity contribution in [3.05, 3.63) is 65.7 Å². The zero-order valence-corrected chi connectivity index (χ0v) is 12.1. The second kappa shape index (κ2) is 6.74. The first-order chi connectivity index (χ1) is 10.4. The third kappa shape index (κ3) is 3.43. The van der Waals surface area contributed by atoms with Crippen molar-refractivity contribution in [1.29, 1.82) is 0 Å². The number of nitrogens with zero attached hydrogens (tertiary/aromatic N) is 1. The molecular formula is C18H21NO2. The first-order valence-corrected chi connectivity index (χ1v) is 7.45. The molecule has 1 unspecified atom stereocenters. The Morgan fingerprint density at radius 3 is 2.62 bits per heavy atom. The Hall–Kier alpha value is -1.84. The lowest BCUT2D eigenvalue weighted by molar-refractivity contribution is 0.174. The summed E-state index contributed by atoms with van der Waals surface area (Å²) in [5.74, 6) is 1.39. The number of para-hydroxylation sites is 1. The molecular weight excluding hydrogens is 262 g/mol. The quantitative estimate of drug-likeness (QED) is 0.884. The predicted molar refractivity (Wildman–Crippen MR) is 83.5 cm³/mol. The van der Waals surface area contributed by atoms with E-state index >= 15 is 0 Å². The van der Waals surface area contributed by atoms with Gasteiger partial charge in [0.1, 0.15) is 5.75 Å². The standard InChI is InChI=1S/C18H21NO2/c20-11-10-19(12-15-6-2-1-3-7-15)13-16-14-21-18-9-5-4-8-17(16)18/h1-9,16,20H,10-14H2. The van der Waals surface area contributed by atoms with Crippen LogP contribution < -0.4 is 4.74 Å². The molecule has 0 bridgehead atoms. The van der Waals surface area contributed by atoms with Crippen LogP contribution in [0.4, 0.5) is 0 Å². The summed E-state index contributed by atoms with van der Waals surface area (Å²) in [6.07, 6.45) is 0. The zero-order valence-electron chi connectivity index (χ0n) is 12.1. The van der Waals surface area contributed by atoms with E-state index in [0.717, 1.165) is 25.4 Å². The molecule has 0 aromatic heterocycles. The molecule has 2 aromatic rings. The molecule has 1 N–H and O–H groups in total. The molecule has 3 nitrogen and oxygen atoms in total. The van der Waals surface area contributed by atoms with E-state index in [-0.39, 0.29) is 6.61 Å². The van der Waals surface area contributed by atoms with Crippen LogP contribution in [-0.2, 0) is 6.54 Å². The maximum absolute atomic E-state index is 9.31. The Balaban J connectivity index is 1.68. The third-order valence-electron chi connectivity index (χ3n) is 3.94. The summed E-state index contributed by atoms with van der Waals surface area (Å²) in [7, 11) is 0. The predicted octanol–water partition coefficient (Wildman–Crippen LogP) is 2.66. The average Bonchev–Trinajstić information content (AvgIpc) is 2.92. The second-order valence-corrected chi connectivity index (χ2v) is 5.49. The molecule has 0 saturated heterocycles. The Bertz CT molecular complexity index is 570. The molecule has 110 valence electrons.